The van der Waals surface area contributed by atoms with Gasteiger partial charge in [0.1, 0.15) is 5.69 Å². The molecule has 4 nitrogen and oxygen atoms in total. The molecule has 3 N–H and O–H groups in total. The first-order valence-electron chi connectivity index (χ1n) is 7.41. The second-order valence-electron chi connectivity index (χ2n) is 5.90. The molecule has 1 aliphatic rings. The fraction of sp³-hybridized carbons (Fsp3) is 0.667. The number of rotatable bonds is 5. The topological polar surface area (TPSA) is 60.0 Å². The van der Waals surface area contributed by atoms with E-state index in [-0.39, 0.29) is 18.0 Å². The molecule has 0 radical (unpaired) electrons. The van der Waals surface area contributed by atoms with Crippen molar-refractivity contribution in [3.8, 4) is 0 Å². The van der Waals surface area contributed by atoms with Crippen LogP contribution in [0.4, 0.5) is 0 Å². The Bertz CT molecular complexity index is 464. The SMILES string of the molecule is CC(C)n1cc(Cl)cc1C(=O)NC(CN)C1CCCC1. The van der Waals surface area contributed by atoms with Gasteiger partial charge >= 0.3 is 0 Å². The maximum absolute atomic E-state index is 12.5. The van der Waals surface area contributed by atoms with Gasteiger partial charge in [0.2, 0.25) is 0 Å². The van der Waals surface area contributed by atoms with E-state index in [1.807, 2.05) is 18.4 Å². The number of aromatic nitrogens is 1. The van der Waals surface area contributed by atoms with E-state index >= 15 is 0 Å². The summed E-state index contributed by atoms with van der Waals surface area (Å²) in [5.41, 5.74) is 6.45. The van der Waals surface area contributed by atoms with Gasteiger partial charge in [0.15, 0.2) is 0 Å². The average molecular weight is 298 g/mol. The Morgan fingerprint density at radius 3 is 2.70 bits per heavy atom. The first-order valence-corrected chi connectivity index (χ1v) is 7.79. The quantitative estimate of drug-likeness (QED) is 0.878. The summed E-state index contributed by atoms with van der Waals surface area (Å²) < 4.78 is 1.90. The van der Waals surface area contributed by atoms with E-state index in [4.69, 9.17) is 17.3 Å². The lowest BCUT2D eigenvalue weighted by Gasteiger charge is -2.23. The minimum absolute atomic E-state index is 0.0688. The number of carbonyl (C=O) groups excluding carboxylic acids is 1. The molecule has 1 unspecified atom stereocenters. The molecule has 1 aromatic rings. The van der Waals surface area contributed by atoms with Gasteiger partial charge in [-0.25, -0.2) is 0 Å². The highest BCUT2D eigenvalue weighted by Gasteiger charge is 2.26. The number of nitrogens with one attached hydrogen (secondary N) is 1. The standard InChI is InChI=1S/C15H24ClN3O/c1-10(2)19-9-12(16)7-14(19)15(20)18-13(8-17)11-5-3-4-6-11/h7,9-11,13H,3-6,8,17H2,1-2H3,(H,18,20). The zero-order valence-corrected chi connectivity index (χ0v) is 13.0. The van der Waals surface area contributed by atoms with Crippen LogP contribution in [0.1, 0.15) is 56.1 Å². The van der Waals surface area contributed by atoms with Crippen molar-refractivity contribution in [2.24, 2.45) is 11.7 Å². The highest BCUT2D eigenvalue weighted by molar-refractivity contribution is 6.31. The van der Waals surface area contributed by atoms with Gasteiger partial charge in [-0.1, -0.05) is 24.4 Å². The van der Waals surface area contributed by atoms with Crippen LogP contribution in [0.25, 0.3) is 0 Å². The predicted octanol–water partition coefficient (Wildman–Crippen LogP) is 2.97. The molecule has 0 bridgehead atoms. The summed E-state index contributed by atoms with van der Waals surface area (Å²) in [6.45, 7) is 4.56. The van der Waals surface area contributed by atoms with Crippen molar-refractivity contribution >= 4 is 17.5 Å². The number of nitrogens with zero attached hydrogens (tertiary/aromatic N) is 1. The average Bonchev–Trinajstić information content (AvgIpc) is 3.04. The fourth-order valence-electron chi connectivity index (χ4n) is 3.03. The third kappa shape index (κ3) is 3.36. The minimum atomic E-state index is -0.0760. The van der Waals surface area contributed by atoms with E-state index in [1.165, 1.54) is 12.8 Å². The number of hydrogen-bond acceptors (Lipinski definition) is 2. The number of hydrogen-bond donors (Lipinski definition) is 2. The zero-order valence-electron chi connectivity index (χ0n) is 12.2. The maximum atomic E-state index is 12.5. The third-order valence-electron chi connectivity index (χ3n) is 4.14. The highest BCUT2D eigenvalue weighted by Crippen LogP contribution is 2.28. The molecule has 112 valence electrons. The van der Waals surface area contributed by atoms with Crippen molar-refractivity contribution < 1.29 is 4.79 Å². The second kappa shape index (κ2) is 6.64. The molecule has 0 aromatic carbocycles. The molecule has 5 heteroatoms. The molecule has 1 fully saturated rings. The lowest BCUT2D eigenvalue weighted by atomic mass is 9.98. The Balaban J connectivity index is 2.10. The lowest BCUT2D eigenvalue weighted by molar-refractivity contribution is 0.0913. The van der Waals surface area contributed by atoms with E-state index in [2.05, 4.69) is 5.32 Å². The Morgan fingerprint density at radius 2 is 2.15 bits per heavy atom. The van der Waals surface area contributed by atoms with Crippen LogP contribution in [-0.2, 0) is 0 Å². The summed E-state index contributed by atoms with van der Waals surface area (Å²) in [6.07, 6.45) is 6.60. The molecule has 1 aliphatic carbocycles. The number of amides is 1. The molecule has 1 aromatic heterocycles. The van der Waals surface area contributed by atoms with Crippen LogP contribution >= 0.6 is 11.6 Å². The van der Waals surface area contributed by atoms with E-state index in [1.54, 1.807) is 12.3 Å². The third-order valence-corrected chi connectivity index (χ3v) is 4.35. The van der Waals surface area contributed by atoms with Crippen LogP contribution in [-0.4, -0.2) is 23.1 Å². The van der Waals surface area contributed by atoms with Crippen molar-refractivity contribution in [1.29, 1.82) is 0 Å². The van der Waals surface area contributed by atoms with Gasteiger partial charge in [0.05, 0.1) is 5.02 Å². The smallest absolute Gasteiger partial charge is 0.268 e. The maximum Gasteiger partial charge on any atom is 0.268 e. The zero-order chi connectivity index (χ0) is 14.7. The van der Waals surface area contributed by atoms with E-state index in [0.29, 0.717) is 23.2 Å². The Hall–Kier alpha value is -1.00. The highest BCUT2D eigenvalue weighted by atomic mass is 35.5. The van der Waals surface area contributed by atoms with Gasteiger partial charge in [0, 0.05) is 24.8 Å². The van der Waals surface area contributed by atoms with Crippen LogP contribution in [0.2, 0.25) is 5.02 Å². The van der Waals surface area contributed by atoms with Gasteiger partial charge in [-0.2, -0.15) is 0 Å². The van der Waals surface area contributed by atoms with Gasteiger partial charge in [-0.05, 0) is 38.7 Å². The first kappa shape index (κ1) is 15.4. The number of halogens is 1. The molecule has 1 heterocycles. The Morgan fingerprint density at radius 1 is 1.50 bits per heavy atom. The van der Waals surface area contributed by atoms with Gasteiger partial charge in [0.25, 0.3) is 5.91 Å². The van der Waals surface area contributed by atoms with E-state index in [9.17, 15) is 4.79 Å². The normalized spacial score (nSPS) is 17.6. The van der Waals surface area contributed by atoms with Crippen LogP contribution < -0.4 is 11.1 Å². The fourth-order valence-corrected chi connectivity index (χ4v) is 3.23. The van der Waals surface area contributed by atoms with E-state index in [0.717, 1.165) is 12.8 Å². The molecule has 1 amide bonds. The van der Waals surface area contributed by atoms with Crippen LogP contribution in [0.15, 0.2) is 12.3 Å². The molecular formula is C15H24ClN3O. The van der Waals surface area contributed by atoms with Crippen LogP contribution in [0.5, 0.6) is 0 Å². The molecule has 0 aliphatic heterocycles. The molecule has 1 saturated carbocycles. The molecule has 20 heavy (non-hydrogen) atoms. The summed E-state index contributed by atoms with van der Waals surface area (Å²) in [4.78, 5) is 12.5. The Kier molecular flexibility index (Phi) is 5.11. The van der Waals surface area contributed by atoms with Crippen LogP contribution in [0, 0.1) is 5.92 Å². The van der Waals surface area contributed by atoms with Crippen molar-refractivity contribution in [3.63, 3.8) is 0 Å². The lowest BCUT2D eigenvalue weighted by Crippen LogP contribution is -2.45. The van der Waals surface area contributed by atoms with Crippen molar-refractivity contribution in [2.45, 2.75) is 51.6 Å². The summed E-state index contributed by atoms with van der Waals surface area (Å²) in [6, 6.07) is 1.99. The monoisotopic (exact) mass is 297 g/mol. The van der Waals surface area contributed by atoms with Gasteiger partial charge in [-0.15, -0.1) is 0 Å². The van der Waals surface area contributed by atoms with Crippen LogP contribution in [0.3, 0.4) is 0 Å². The second-order valence-corrected chi connectivity index (χ2v) is 6.34. The summed E-state index contributed by atoms with van der Waals surface area (Å²) in [5.74, 6) is 0.440. The largest absolute Gasteiger partial charge is 0.346 e. The first-order chi connectivity index (χ1) is 9.52. The molecular weight excluding hydrogens is 274 g/mol. The molecule has 1 atom stereocenters. The van der Waals surface area contributed by atoms with E-state index < -0.39 is 0 Å². The summed E-state index contributed by atoms with van der Waals surface area (Å²) in [5, 5.41) is 3.68. The van der Waals surface area contributed by atoms with Gasteiger partial charge < -0.3 is 15.6 Å². The Labute approximate surface area is 125 Å². The molecule has 0 saturated heterocycles. The molecule has 2 rings (SSSR count). The summed E-state index contributed by atoms with van der Waals surface area (Å²) >= 11 is 6.03. The van der Waals surface area contributed by atoms with Gasteiger partial charge in [-0.3, -0.25) is 4.79 Å². The number of carbonyl (C=O) groups is 1. The molecule has 0 spiro atoms. The van der Waals surface area contributed by atoms with Crippen molar-refractivity contribution in [2.75, 3.05) is 6.54 Å². The van der Waals surface area contributed by atoms with Crippen molar-refractivity contribution in [1.82, 2.24) is 9.88 Å². The minimum Gasteiger partial charge on any atom is -0.346 e. The van der Waals surface area contributed by atoms with Crippen molar-refractivity contribution in [3.05, 3.63) is 23.0 Å². The number of nitrogens with two attached hydrogens (primary N) is 1. The summed E-state index contributed by atoms with van der Waals surface area (Å²) in [7, 11) is 0. The predicted molar refractivity (Wildman–Crippen MR) is 82.1 cm³/mol.